The number of fused-ring (bicyclic) bond motifs is 3. The average molecular weight is 523 g/mol. The molecule has 1 atom stereocenters. The smallest absolute Gasteiger partial charge is 0.417 e. The van der Waals surface area contributed by atoms with E-state index in [9.17, 15) is 18.0 Å². The molecule has 4 aromatic rings. The number of hydrogen-bond acceptors (Lipinski definition) is 3. The minimum absolute atomic E-state index is 0.0403. The Labute approximate surface area is 208 Å². The summed E-state index contributed by atoms with van der Waals surface area (Å²) in [5.74, 6) is 0.492. The molecule has 1 aliphatic rings. The van der Waals surface area contributed by atoms with Gasteiger partial charge in [-0.1, -0.05) is 41.4 Å². The topological polar surface area (TPSA) is 58.5 Å². The van der Waals surface area contributed by atoms with E-state index in [4.69, 9.17) is 32.4 Å². The van der Waals surface area contributed by atoms with E-state index < -0.39 is 28.5 Å². The number of halogens is 5. The van der Waals surface area contributed by atoms with Crippen LogP contribution in [-0.2, 0) is 17.4 Å². The lowest BCUT2D eigenvalue weighted by Gasteiger charge is -2.35. The summed E-state index contributed by atoms with van der Waals surface area (Å²) in [7, 11) is 1.58. The van der Waals surface area contributed by atoms with Crippen LogP contribution in [0.4, 0.5) is 13.2 Å². The molecule has 5 rings (SSSR count). The molecule has 0 bridgehead atoms. The molecule has 0 aliphatic carbocycles. The van der Waals surface area contributed by atoms with Crippen LogP contribution in [0.1, 0.15) is 28.6 Å². The number of nitrogens with zero attached hydrogens (tertiary/aromatic N) is 1. The van der Waals surface area contributed by atoms with Crippen molar-refractivity contribution in [2.45, 2.75) is 23.5 Å². The molecule has 0 unspecified atom stereocenters. The zero-order chi connectivity index (χ0) is 24.9. The van der Waals surface area contributed by atoms with Crippen LogP contribution in [0.15, 0.2) is 59.0 Å². The van der Waals surface area contributed by atoms with E-state index in [1.807, 2.05) is 18.2 Å². The second-order valence-electron chi connectivity index (χ2n) is 8.16. The zero-order valence-corrected chi connectivity index (χ0v) is 19.8. The Hall–Kier alpha value is -3.10. The molecule has 1 N–H and O–H groups in total. The van der Waals surface area contributed by atoms with E-state index >= 15 is 0 Å². The van der Waals surface area contributed by atoms with Gasteiger partial charge in [0.15, 0.2) is 4.84 Å². The van der Waals surface area contributed by atoms with E-state index in [1.54, 1.807) is 13.2 Å². The first kappa shape index (κ1) is 23.6. The van der Waals surface area contributed by atoms with Gasteiger partial charge in [-0.25, -0.2) is 0 Å². The van der Waals surface area contributed by atoms with Crippen LogP contribution < -0.4 is 4.74 Å². The third-order valence-corrected chi connectivity index (χ3v) is 6.57. The summed E-state index contributed by atoms with van der Waals surface area (Å²) in [6, 6.07) is 13.1. The van der Waals surface area contributed by atoms with Crippen molar-refractivity contribution in [2.75, 3.05) is 13.7 Å². The lowest BCUT2D eigenvalue weighted by Crippen LogP contribution is -2.42. The lowest BCUT2D eigenvalue weighted by molar-refractivity contribution is -0.137. The van der Waals surface area contributed by atoms with Crippen molar-refractivity contribution >= 4 is 40.0 Å². The number of aromatic amines is 1. The summed E-state index contributed by atoms with van der Waals surface area (Å²) in [6.45, 7) is 0.297. The van der Waals surface area contributed by atoms with Gasteiger partial charge in [-0.15, -0.1) is 0 Å². The minimum atomic E-state index is -4.55. The normalized spacial score (nSPS) is 16.1. The quantitative estimate of drug-likeness (QED) is 0.302. The Bertz CT molecular complexity index is 1410. The number of carbonyl (C=O) groups is 1. The summed E-state index contributed by atoms with van der Waals surface area (Å²) < 4.78 is 52.1. The summed E-state index contributed by atoms with van der Waals surface area (Å²) in [6.07, 6.45) is -4.03. The monoisotopic (exact) mass is 522 g/mol. The first-order chi connectivity index (χ1) is 16.7. The van der Waals surface area contributed by atoms with Crippen molar-refractivity contribution < 1.29 is 27.1 Å². The van der Waals surface area contributed by atoms with Gasteiger partial charge >= 0.3 is 6.18 Å². The fourth-order valence-electron chi connectivity index (χ4n) is 4.64. The minimum Gasteiger partial charge on any atom is -0.497 e. The summed E-state index contributed by atoms with van der Waals surface area (Å²) in [5, 5.41) is 0.930. The first-order valence-corrected chi connectivity index (χ1v) is 11.6. The Morgan fingerprint density at radius 3 is 2.66 bits per heavy atom. The van der Waals surface area contributed by atoms with Crippen LogP contribution in [-0.4, -0.2) is 34.3 Å². The molecule has 0 saturated carbocycles. The molecule has 182 valence electrons. The molecule has 3 heterocycles. The molecule has 5 nitrogen and oxygen atoms in total. The van der Waals surface area contributed by atoms with Crippen LogP contribution in [0.25, 0.3) is 22.2 Å². The molecule has 35 heavy (non-hydrogen) atoms. The maximum absolute atomic E-state index is 13.6. The summed E-state index contributed by atoms with van der Waals surface area (Å²) >= 11 is 11.8. The molecule has 10 heteroatoms. The van der Waals surface area contributed by atoms with Crippen molar-refractivity contribution in [3.05, 3.63) is 77.2 Å². The number of nitrogens with one attached hydrogen (secondary N) is 1. The predicted molar refractivity (Wildman–Crippen MR) is 127 cm³/mol. The molecule has 0 radical (unpaired) electrons. The third kappa shape index (κ3) is 4.15. The maximum atomic E-state index is 13.6. The molecule has 0 spiro atoms. The molecular formula is C25H19Cl2F3N2O3. The Morgan fingerprint density at radius 1 is 1.17 bits per heavy atom. The maximum Gasteiger partial charge on any atom is 0.417 e. The second kappa shape index (κ2) is 8.84. The Kier molecular flexibility index (Phi) is 5.97. The van der Waals surface area contributed by atoms with Crippen LogP contribution in [0.2, 0.25) is 0 Å². The predicted octanol–water partition coefficient (Wildman–Crippen LogP) is 6.73. The van der Waals surface area contributed by atoms with E-state index in [-0.39, 0.29) is 11.3 Å². The SMILES string of the molecule is COc1ccc2[nH]c3c(c2c1)CCN(C(=O)C(Cl)Cl)[C@H]3c1ccc(-c2ccccc2C(F)(F)F)o1. The molecule has 2 aromatic carbocycles. The highest BCUT2D eigenvalue weighted by Gasteiger charge is 2.39. The fourth-order valence-corrected chi connectivity index (χ4v) is 4.89. The third-order valence-electron chi connectivity index (χ3n) is 6.20. The Balaban J connectivity index is 1.65. The van der Waals surface area contributed by atoms with Crippen LogP contribution in [0.3, 0.4) is 0 Å². The highest BCUT2D eigenvalue weighted by atomic mass is 35.5. The van der Waals surface area contributed by atoms with Crippen LogP contribution in [0.5, 0.6) is 5.75 Å². The molecule has 0 saturated heterocycles. The van der Waals surface area contributed by atoms with E-state index in [0.717, 1.165) is 22.5 Å². The Morgan fingerprint density at radius 2 is 1.94 bits per heavy atom. The van der Waals surface area contributed by atoms with E-state index in [2.05, 4.69) is 4.98 Å². The number of aromatic nitrogens is 1. The largest absolute Gasteiger partial charge is 0.497 e. The van der Waals surface area contributed by atoms with Gasteiger partial charge in [0.25, 0.3) is 5.91 Å². The number of furan rings is 1. The van der Waals surface area contributed by atoms with E-state index in [1.165, 1.54) is 29.2 Å². The van der Waals surface area contributed by atoms with Gasteiger partial charge in [0, 0.05) is 23.0 Å². The van der Waals surface area contributed by atoms with Crippen molar-refractivity contribution in [1.29, 1.82) is 0 Å². The van der Waals surface area contributed by atoms with Crippen LogP contribution in [0, 0.1) is 0 Å². The van der Waals surface area contributed by atoms with Gasteiger partial charge in [-0.2, -0.15) is 13.2 Å². The number of benzene rings is 2. The number of alkyl halides is 5. The first-order valence-electron chi connectivity index (χ1n) is 10.7. The van der Waals surface area contributed by atoms with Crippen molar-refractivity contribution in [3.63, 3.8) is 0 Å². The number of carbonyl (C=O) groups excluding carboxylic acids is 1. The second-order valence-corrected chi connectivity index (χ2v) is 9.26. The summed E-state index contributed by atoms with van der Waals surface area (Å²) in [4.78, 5) is 16.4. The van der Waals surface area contributed by atoms with E-state index in [0.29, 0.717) is 30.2 Å². The van der Waals surface area contributed by atoms with Gasteiger partial charge < -0.3 is 19.0 Å². The van der Waals surface area contributed by atoms with Gasteiger partial charge in [-0.3, -0.25) is 4.79 Å². The van der Waals surface area contributed by atoms with Crippen molar-refractivity contribution in [2.24, 2.45) is 0 Å². The lowest BCUT2D eigenvalue weighted by atomic mass is 9.95. The van der Waals surface area contributed by atoms with Gasteiger partial charge in [0.05, 0.1) is 18.4 Å². The molecule has 1 aliphatic heterocycles. The number of hydrogen-bond donors (Lipinski definition) is 1. The van der Waals surface area contributed by atoms with Crippen molar-refractivity contribution in [3.8, 4) is 17.1 Å². The number of rotatable bonds is 4. The number of amides is 1. The van der Waals surface area contributed by atoms with Gasteiger partial charge in [0.1, 0.15) is 23.3 Å². The number of ether oxygens (including phenoxy) is 1. The average Bonchev–Trinajstić information content (AvgIpc) is 3.47. The zero-order valence-electron chi connectivity index (χ0n) is 18.3. The number of H-pyrrole nitrogens is 1. The molecule has 1 amide bonds. The van der Waals surface area contributed by atoms with Gasteiger partial charge in [0.2, 0.25) is 0 Å². The fraction of sp³-hybridized carbons (Fsp3) is 0.240. The van der Waals surface area contributed by atoms with Gasteiger partial charge in [-0.05, 0) is 48.4 Å². The highest BCUT2D eigenvalue weighted by Crippen LogP contribution is 2.43. The summed E-state index contributed by atoms with van der Waals surface area (Å²) in [5.41, 5.74) is 1.58. The standard InChI is InChI=1S/C25H19Cl2F3N2O3/c1-34-13-6-7-18-16(12-13)14-10-11-32(24(33)23(26)27)22(21(14)31-18)20-9-8-19(35-20)15-4-2-3-5-17(15)25(28,29)30/h2-9,12,22-23,31H,10-11H2,1H3/t22-/m0/s1. The van der Waals surface area contributed by atoms with Crippen LogP contribution >= 0.6 is 23.2 Å². The molecule has 2 aromatic heterocycles. The molecule has 0 fully saturated rings. The molecular weight excluding hydrogens is 504 g/mol. The van der Waals surface area contributed by atoms with Crippen molar-refractivity contribution in [1.82, 2.24) is 9.88 Å². The highest BCUT2D eigenvalue weighted by molar-refractivity contribution is 6.53. The number of methoxy groups -OCH3 is 1.